The molecule has 0 saturated carbocycles. The van der Waals surface area contributed by atoms with Crippen LogP contribution >= 0.6 is 11.6 Å². The Hall–Kier alpha value is -2.67. The van der Waals surface area contributed by atoms with E-state index >= 15 is 0 Å². The first-order valence-electron chi connectivity index (χ1n) is 7.69. The van der Waals surface area contributed by atoms with Gasteiger partial charge in [-0.2, -0.15) is 13.2 Å². The first kappa shape index (κ1) is 18.1. The number of aromatic nitrogens is 2. The molecule has 0 atom stereocenters. The lowest BCUT2D eigenvalue weighted by atomic mass is 10.0. The molecule has 0 unspecified atom stereocenters. The molecule has 0 bridgehead atoms. The van der Waals surface area contributed by atoms with Crippen LogP contribution in [0.2, 0.25) is 5.02 Å². The van der Waals surface area contributed by atoms with Crippen molar-refractivity contribution in [2.45, 2.75) is 12.6 Å². The second kappa shape index (κ2) is 7.29. The van der Waals surface area contributed by atoms with Gasteiger partial charge in [-0.05, 0) is 29.8 Å². The van der Waals surface area contributed by atoms with Gasteiger partial charge in [-0.1, -0.05) is 23.7 Å². The Bertz CT molecular complexity index is 943. The molecule has 26 heavy (non-hydrogen) atoms. The fraction of sp³-hybridized carbons (Fsp3) is 0.167. The Morgan fingerprint density at radius 3 is 2.50 bits per heavy atom. The highest BCUT2D eigenvalue weighted by Gasteiger charge is 2.26. The maximum atomic E-state index is 12.2. The highest BCUT2D eigenvalue weighted by Crippen LogP contribution is 2.27. The first-order chi connectivity index (χ1) is 12.3. The van der Waals surface area contributed by atoms with E-state index in [4.69, 9.17) is 11.6 Å². The lowest BCUT2D eigenvalue weighted by Gasteiger charge is -2.09. The third-order valence-corrected chi connectivity index (χ3v) is 3.93. The second-order valence-electron chi connectivity index (χ2n) is 5.58. The Morgan fingerprint density at radius 1 is 1.08 bits per heavy atom. The molecule has 3 aromatic rings. The van der Waals surface area contributed by atoms with Crippen molar-refractivity contribution in [1.82, 2.24) is 15.3 Å². The predicted molar refractivity (Wildman–Crippen MR) is 93.0 cm³/mol. The van der Waals surface area contributed by atoms with E-state index in [1.54, 1.807) is 42.7 Å². The van der Waals surface area contributed by atoms with Gasteiger partial charge in [0.05, 0.1) is 11.9 Å². The van der Waals surface area contributed by atoms with Crippen molar-refractivity contribution in [3.8, 4) is 11.1 Å². The van der Waals surface area contributed by atoms with Crippen LogP contribution in [0, 0.1) is 0 Å². The zero-order valence-electron chi connectivity index (χ0n) is 13.3. The molecular weight excluding hydrogens is 367 g/mol. The van der Waals surface area contributed by atoms with Crippen LogP contribution in [0.15, 0.2) is 48.8 Å². The Kier molecular flexibility index (Phi) is 5.08. The van der Waals surface area contributed by atoms with Crippen LogP contribution in [0.4, 0.5) is 13.2 Å². The van der Waals surface area contributed by atoms with Crippen LogP contribution in [0.1, 0.15) is 16.9 Å². The average molecular weight is 380 g/mol. The largest absolute Gasteiger partial charge is 0.390 e. The van der Waals surface area contributed by atoms with Crippen LogP contribution in [-0.2, 0) is 0 Å². The number of nitrogens with zero attached hydrogens (tertiary/aromatic N) is 2. The fourth-order valence-electron chi connectivity index (χ4n) is 2.42. The number of hydrogen-bond acceptors (Lipinski definition) is 3. The number of benzene rings is 1. The van der Waals surface area contributed by atoms with Gasteiger partial charge in [0.1, 0.15) is 5.69 Å². The molecule has 1 aromatic carbocycles. The predicted octanol–water partition coefficient (Wildman–Crippen LogP) is 4.63. The molecule has 8 heteroatoms. The van der Waals surface area contributed by atoms with Gasteiger partial charge in [-0.25, -0.2) is 4.98 Å². The molecule has 0 spiro atoms. The summed E-state index contributed by atoms with van der Waals surface area (Å²) in [5.74, 6) is -0.657. The van der Waals surface area contributed by atoms with Gasteiger partial charge in [-0.3, -0.25) is 9.78 Å². The first-order valence-corrected chi connectivity index (χ1v) is 8.07. The van der Waals surface area contributed by atoms with Crippen LogP contribution in [-0.4, -0.2) is 28.6 Å². The van der Waals surface area contributed by atoms with Crippen molar-refractivity contribution in [2.75, 3.05) is 6.54 Å². The summed E-state index contributed by atoms with van der Waals surface area (Å²) in [5, 5.41) is 3.53. The van der Waals surface area contributed by atoms with Crippen LogP contribution < -0.4 is 5.32 Å². The summed E-state index contributed by atoms with van der Waals surface area (Å²) < 4.78 is 36.6. The smallest absolute Gasteiger partial charge is 0.350 e. The summed E-state index contributed by atoms with van der Waals surface area (Å²) in [7, 11) is 0. The summed E-state index contributed by atoms with van der Waals surface area (Å²) in [6, 6.07) is 10.2. The van der Waals surface area contributed by atoms with Gasteiger partial charge in [-0.15, -0.1) is 0 Å². The maximum Gasteiger partial charge on any atom is 0.390 e. The topological polar surface area (TPSA) is 54.9 Å². The Labute approximate surface area is 152 Å². The Balaban J connectivity index is 1.91. The molecular formula is C18H13ClF3N3O. The summed E-state index contributed by atoms with van der Waals surface area (Å²) >= 11 is 5.90. The van der Waals surface area contributed by atoms with Crippen molar-refractivity contribution in [3.05, 3.63) is 59.5 Å². The zero-order chi connectivity index (χ0) is 18.7. The van der Waals surface area contributed by atoms with E-state index in [-0.39, 0.29) is 5.69 Å². The number of rotatable bonds is 4. The molecule has 2 heterocycles. The van der Waals surface area contributed by atoms with Gasteiger partial charge in [0.25, 0.3) is 5.91 Å². The molecule has 0 fully saturated rings. The molecule has 1 N–H and O–H groups in total. The number of alkyl halides is 3. The van der Waals surface area contributed by atoms with E-state index in [1.807, 2.05) is 0 Å². The Morgan fingerprint density at radius 2 is 1.81 bits per heavy atom. The third-order valence-electron chi connectivity index (χ3n) is 3.68. The van der Waals surface area contributed by atoms with Crippen molar-refractivity contribution < 1.29 is 18.0 Å². The fourth-order valence-corrected chi connectivity index (χ4v) is 2.54. The quantitative estimate of drug-likeness (QED) is 0.719. The van der Waals surface area contributed by atoms with E-state index in [0.29, 0.717) is 21.5 Å². The van der Waals surface area contributed by atoms with E-state index in [9.17, 15) is 18.0 Å². The van der Waals surface area contributed by atoms with E-state index in [2.05, 4.69) is 15.3 Å². The summed E-state index contributed by atoms with van der Waals surface area (Å²) in [6.45, 7) is -0.498. The summed E-state index contributed by atoms with van der Waals surface area (Å²) in [4.78, 5) is 20.6. The molecule has 0 radical (unpaired) electrons. The van der Waals surface area contributed by atoms with Crippen molar-refractivity contribution in [3.63, 3.8) is 0 Å². The van der Waals surface area contributed by atoms with Gasteiger partial charge >= 0.3 is 6.18 Å². The van der Waals surface area contributed by atoms with Crippen molar-refractivity contribution in [1.29, 1.82) is 0 Å². The molecule has 0 aliphatic carbocycles. The zero-order valence-corrected chi connectivity index (χ0v) is 14.1. The van der Waals surface area contributed by atoms with E-state index < -0.39 is 25.0 Å². The van der Waals surface area contributed by atoms with Crippen molar-refractivity contribution >= 4 is 28.4 Å². The number of fused-ring (bicyclic) bond motifs is 1. The molecule has 0 aliphatic rings. The van der Waals surface area contributed by atoms with E-state index in [1.165, 1.54) is 6.07 Å². The van der Waals surface area contributed by atoms with Crippen molar-refractivity contribution in [2.24, 2.45) is 0 Å². The molecule has 0 saturated heterocycles. The van der Waals surface area contributed by atoms with Crippen LogP contribution in [0.5, 0.6) is 0 Å². The molecule has 1 amide bonds. The minimum absolute atomic E-state index is 0.0427. The number of carbonyl (C=O) groups is 1. The number of amides is 1. The number of pyridine rings is 2. The molecule has 0 aliphatic heterocycles. The minimum Gasteiger partial charge on any atom is -0.350 e. The second-order valence-corrected chi connectivity index (χ2v) is 6.02. The number of hydrogen-bond donors (Lipinski definition) is 1. The monoisotopic (exact) mass is 379 g/mol. The van der Waals surface area contributed by atoms with Crippen LogP contribution in [0.25, 0.3) is 22.0 Å². The minimum atomic E-state index is -4.32. The molecule has 2 aromatic heterocycles. The molecule has 3 rings (SSSR count). The average Bonchev–Trinajstić information content (AvgIpc) is 2.60. The SMILES string of the molecule is O=C(NCCC(F)(F)F)c1ccc2cncc(-c3ccc(Cl)cc3)c2n1. The van der Waals surface area contributed by atoms with E-state index in [0.717, 1.165) is 5.56 Å². The third kappa shape index (κ3) is 4.29. The van der Waals surface area contributed by atoms with Gasteiger partial charge in [0.15, 0.2) is 0 Å². The number of nitrogens with one attached hydrogen (secondary N) is 1. The number of halogens is 4. The lowest BCUT2D eigenvalue weighted by Crippen LogP contribution is -2.28. The summed E-state index contributed by atoms with van der Waals surface area (Å²) in [5.41, 5.74) is 2.09. The molecule has 4 nitrogen and oxygen atoms in total. The number of carbonyl (C=O) groups excluding carboxylic acids is 1. The van der Waals surface area contributed by atoms with Gasteiger partial charge in [0.2, 0.25) is 0 Å². The van der Waals surface area contributed by atoms with Gasteiger partial charge < -0.3 is 5.32 Å². The maximum absolute atomic E-state index is 12.2. The highest BCUT2D eigenvalue weighted by atomic mass is 35.5. The van der Waals surface area contributed by atoms with Crippen LogP contribution in [0.3, 0.4) is 0 Å². The van der Waals surface area contributed by atoms with Gasteiger partial charge in [0, 0.05) is 34.9 Å². The lowest BCUT2D eigenvalue weighted by molar-refractivity contribution is -0.132. The molecule has 134 valence electrons. The summed E-state index contributed by atoms with van der Waals surface area (Å²) in [6.07, 6.45) is -2.19. The normalized spacial score (nSPS) is 11.5. The standard InChI is InChI=1S/C18H13ClF3N3O/c19-13-4-1-11(2-5-13)14-10-23-9-12-3-6-15(25-16(12)14)17(26)24-8-7-18(20,21)22/h1-6,9-10H,7-8H2,(H,24,26). The highest BCUT2D eigenvalue weighted by molar-refractivity contribution is 6.30.